The molecule has 3 heterocycles. The lowest BCUT2D eigenvalue weighted by molar-refractivity contribution is 0.247. The number of fused-ring (bicyclic) bond motifs is 2. The number of anilines is 1. The molecule has 5 nitrogen and oxygen atoms in total. The summed E-state index contributed by atoms with van der Waals surface area (Å²) in [6.07, 6.45) is 1.97. The van der Waals surface area contributed by atoms with Crippen LogP contribution in [0.1, 0.15) is 5.69 Å². The normalized spacial score (nSPS) is 15.7. The zero-order valence-corrected chi connectivity index (χ0v) is 15.7. The first-order valence-corrected chi connectivity index (χ1v) is 9.59. The SMILES string of the molecule is Clc1cccc2c(CN3CCN(c4cc5ccccc5cn4)CC3)n[nH]c12. The van der Waals surface area contributed by atoms with Gasteiger partial charge in [0.05, 0.1) is 16.2 Å². The number of para-hydroxylation sites is 1. The number of aromatic nitrogens is 3. The molecule has 0 unspecified atom stereocenters. The van der Waals surface area contributed by atoms with Crippen molar-refractivity contribution in [3.8, 4) is 0 Å². The van der Waals surface area contributed by atoms with Crippen LogP contribution in [0.5, 0.6) is 0 Å². The molecule has 1 N–H and O–H groups in total. The highest BCUT2D eigenvalue weighted by Crippen LogP contribution is 2.25. The van der Waals surface area contributed by atoms with Crippen molar-refractivity contribution in [1.29, 1.82) is 0 Å². The Labute approximate surface area is 162 Å². The second-order valence-electron chi connectivity index (χ2n) is 6.99. The minimum absolute atomic E-state index is 0.721. The largest absolute Gasteiger partial charge is 0.354 e. The van der Waals surface area contributed by atoms with E-state index in [1.807, 2.05) is 24.4 Å². The van der Waals surface area contributed by atoms with Crippen LogP contribution in [0.3, 0.4) is 0 Å². The number of hydrogen-bond donors (Lipinski definition) is 1. The fourth-order valence-corrected chi connectivity index (χ4v) is 3.99. The molecule has 2 aromatic heterocycles. The second kappa shape index (κ2) is 6.83. The molecule has 136 valence electrons. The van der Waals surface area contributed by atoms with Crippen LogP contribution in [0.15, 0.2) is 54.7 Å². The summed E-state index contributed by atoms with van der Waals surface area (Å²) in [6.45, 7) is 4.75. The van der Waals surface area contributed by atoms with Crippen LogP contribution in [0.25, 0.3) is 21.7 Å². The molecule has 0 aliphatic carbocycles. The fourth-order valence-electron chi connectivity index (χ4n) is 3.77. The zero-order valence-electron chi connectivity index (χ0n) is 14.9. The molecule has 1 aliphatic heterocycles. The number of piperazine rings is 1. The Hall–Kier alpha value is -2.63. The van der Waals surface area contributed by atoms with E-state index in [1.54, 1.807) is 0 Å². The Balaban J connectivity index is 1.28. The van der Waals surface area contributed by atoms with Crippen molar-refractivity contribution in [2.75, 3.05) is 31.1 Å². The van der Waals surface area contributed by atoms with Crippen LogP contribution in [-0.2, 0) is 6.54 Å². The molecule has 0 saturated carbocycles. The van der Waals surface area contributed by atoms with Gasteiger partial charge in [-0.25, -0.2) is 4.98 Å². The third-order valence-corrected chi connectivity index (χ3v) is 5.63. The van der Waals surface area contributed by atoms with Crippen molar-refractivity contribution in [2.45, 2.75) is 6.54 Å². The average Bonchev–Trinajstić information content (AvgIpc) is 3.12. The molecule has 0 amide bonds. The summed E-state index contributed by atoms with van der Waals surface area (Å²) in [5.74, 6) is 1.06. The Morgan fingerprint density at radius 1 is 0.963 bits per heavy atom. The van der Waals surface area contributed by atoms with Gasteiger partial charge in [-0.2, -0.15) is 5.10 Å². The quantitative estimate of drug-likeness (QED) is 0.584. The number of halogens is 1. The summed E-state index contributed by atoms with van der Waals surface area (Å²) in [4.78, 5) is 9.46. The van der Waals surface area contributed by atoms with Crippen molar-refractivity contribution in [3.63, 3.8) is 0 Å². The van der Waals surface area contributed by atoms with E-state index in [1.165, 1.54) is 10.8 Å². The van der Waals surface area contributed by atoms with E-state index in [9.17, 15) is 0 Å². The van der Waals surface area contributed by atoms with E-state index in [0.29, 0.717) is 0 Å². The molecule has 0 radical (unpaired) electrons. The van der Waals surface area contributed by atoms with E-state index in [-0.39, 0.29) is 0 Å². The molecular formula is C21H20ClN5. The van der Waals surface area contributed by atoms with Gasteiger partial charge in [0.15, 0.2) is 0 Å². The van der Waals surface area contributed by atoms with Gasteiger partial charge in [-0.3, -0.25) is 10.00 Å². The number of hydrogen-bond acceptors (Lipinski definition) is 4. The average molecular weight is 378 g/mol. The Kier molecular flexibility index (Phi) is 4.19. The van der Waals surface area contributed by atoms with Crippen molar-refractivity contribution >= 4 is 39.1 Å². The highest BCUT2D eigenvalue weighted by atomic mass is 35.5. The van der Waals surface area contributed by atoms with Crippen LogP contribution in [0.2, 0.25) is 5.02 Å². The van der Waals surface area contributed by atoms with E-state index in [2.05, 4.69) is 55.3 Å². The van der Waals surface area contributed by atoms with Crippen LogP contribution in [0.4, 0.5) is 5.82 Å². The molecule has 4 aromatic rings. The minimum atomic E-state index is 0.721. The number of aromatic amines is 1. The van der Waals surface area contributed by atoms with Crippen molar-refractivity contribution in [3.05, 3.63) is 65.4 Å². The van der Waals surface area contributed by atoms with Crippen molar-refractivity contribution < 1.29 is 0 Å². The number of benzene rings is 2. The molecule has 1 fully saturated rings. The summed E-state index contributed by atoms with van der Waals surface area (Å²) >= 11 is 6.24. The smallest absolute Gasteiger partial charge is 0.129 e. The van der Waals surface area contributed by atoms with Gasteiger partial charge < -0.3 is 4.90 Å². The first-order chi connectivity index (χ1) is 13.3. The first-order valence-electron chi connectivity index (χ1n) is 9.21. The molecule has 0 spiro atoms. The Bertz CT molecular complexity index is 1100. The van der Waals surface area contributed by atoms with Crippen LogP contribution >= 0.6 is 11.6 Å². The van der Waals surface area contributed by atoms with Crippen LogP contribution in [-0.4, -0.2) is 46.3 Å². The summed E-state index contributed by atoms with van der Waals surface area (Å²) in [7, 11) is 0. The lowest BCUT2D eigenvalue weighted by Crippen LogP contribution is -2.46. The molecule has 1 aliphatic rings. The van der Waals surface area contributed by atoms with Gasteiger partial charge in [0.2, 0.25) is 0 Å². The molecule has 1 saturated heterocycles. The lowest BCUT2D eigenvalue weighted by atomic mass is 10.1. The van der Waals surface area contributed by atoms with E-state index < -0.39 is 0 Å². The van der Waals surface area contributed by atoms with Gasteiger partial charge in [0.1, 0.15) is 5.82 Å². The summed E-state index contributed by atoms with van der Waals surface area (Å²) in [5, 5.41) is 11.8. The van der Waals surface area contributed by atoms with Gasteiger partial charge in [0, 0.05) is 49.7 Å². The van der Waals surface area contributed by atoms with E-state index >= 15 is 0 Å². The van der Waals surface area contributed by atoms with Crippen molar-refractivity contribution in [1.82, 2.24) is 20.1 Å². The molecule has 0 atom stereocenters. The number of rotatable bonds is 3. The summed E-state index contributed by atoms with van der Waals surface area (Å²) < 4.78 is 0. The van der Waals surface area contributed by atoms with Gasteiger partial charge in [-0.05, 0) is 17.5 Å². The van der Waals surface area contributed by atoms with Crippen LogP contribution in [0, 0.1) is 0 Å². The predicted octanol–water partition coefficient (Wildman–Crippen LogP) is 4.09. The second-order valence-corrected chi connectivity index (χ2v) is 7.39. The van der Waals surface area contributed by atoms with Gasteiger partial charge in [-0.1, -0.05) is 48.0 Å². The number of pyridine rings is 1. The highest BCUT2D eigenvalue weighted by Gasteiger charge is 2.20. The lowest BCUT2D eigenvalue weighted by Gasteiger charge is -2.35. The van der Waals surface area contributed by atoms with Gasteiger partial charge in [-0.15, -0.1) is 0 Å². The maximum atomic E-state index is 6.24. The third kappa shape index (κ3) is 3.13. The summed E-state index contributed by atoms with van der Waals surface area (Å²) in [6, 6.07) is 16.5. The maximum Gasteiger partial charge on any atom is 0.129 e. The molecule has 6 heteroatoms. The van der Waals surface area contributed by atoms with Gasteiger partial charge >= 0.3 is 0 Å². The predicted molar refractivity (Wildman–Crippen MR) is 110 cm³/mol. The van der Waals surface area contributed by atoms with Gasteiger partial charge in [0.25, 0.3) is 0 Å². The first kappa shape index (κ1) is 16.5. The molecule has 0 bridgehead atoms. The number of H-pyrrole nitrogens is 1. The fraction of sp³-hybridized carbons (Fsp3) is 0.238. The molecule has 5 rings (SSSR count). The van der Waals surface area contributed by atoms with Crippen molar-refractivity contribution in [2.24, 2.45) is 0 Å². The van der Waals surface area contributed by atoms with Crippen LogP contribution < -0.4 is 4.90 Å². The Morgan fingerprint density at radius 3 is 2.63 bits per heavy atom. The monoisotopic (exact) mass is 377 g/mol. The van der Waals surface area contributed by atoms with E-state index in [4.69, 9.17) is 11.6 Å². The Morgan fingerprint density at radius 2 is 1.78 bits per heavy atom. The third-order valence-electron chi connectivity index (χ3n) is 5.31. The highest BCUT2D eigenvalue weighted by molar-refractivity contribution is 6.35. The molecule has 27 heavy (non-hydrogen) atoms. The number of nitrogens with one attached hydrogen (secondary N) is 1. The topological polar surface area (TPSA) is 48.1 Å². The van der Waals surface area contributed by atoms with E-state index in [0.717, 1.165) is 60.2 Å². The molecular weight excluding hydrogens is 358 g/mol. The standard InChI is InChI=1S/C21H20ClN5/c22-18-7-3-6-17-19(24-25-21(17)18)14-26-8-10-27(11-9-26)20-12-15-4-1-2-5-16(15)13-23-20/h1-7,12-13H,8-11,14H2,(H,24,25). The summed E-state index contributed by atoms with van der Waals surface area (Å²) in [5.41, 5.74) is 1.98. The number of nitrogens with zero attached hydrogens (tertiary/aromatic N) is 4. The minimum Gasteiger partial charge on any atom is -0.354 e. The maximum absolute atomic E-state index is 6.24. The zero-order chi connectivity index (χ0) is 18.2. The molecule has 2 aromatic carbocycles.